The standard InChI is InChI=1S/C14H22ClN3O2S/c15-14-3-1-13(2-4-14)5-6-17-21(19,20)12-11-18-9-7-16-8-10-18/h1-4,16-17H,5-12H2. The van der Waals surface area contributed by atoms with E-state index >= 15 is 0 Å². The van der Waals surface area contributed by atoms with E-state index < -0.39 is 10.0 Å². The first-order chi connectivity index (χ1) is 10.1. The molecule has 118 valence electrons. The smallest absolute Gasteiger partial charge is 0.212 e. The lowest BCUT2D eigenvalue weighted by atomic mass is 10.2. The molecule has 0 unspecified atom stereocenters. The monoisotopic (exact) mass is 331 g/mol. The van der Waals surface area contributed by atoms with Gasteiger partial charge in [0, 0.05) is 44.3 Å². The lowest BCUT2D eigenvalue weighted by molar-refractivity contribution is 0.253. The summed E-state index contributed by atoms with van der Waals surface area (Å²) in [5.74, 6) is 0.160. The first-order valence-electron chi connectivity index (χ1n) is 7.20. The molecule has 7 heteroatoms. The fourth-order valence-corrected chi connectivity index (χ4v) is 3.44. The maximum absolute atomic E-state index is 11.9. The Morgan fingerprint density at radius 1 is 1.19 bits per heavy atom. The highest BCUT2D eigenvalue weighted by molar-refractivity contribution is 7.89. The number of sulfonamides is 1. The van der Waals surface area contributed by atoms with Gasteiger partial charge in [0.2, 0.25) is 10.0 Å². The first kappa shape index (κ1) is 16.7. The van der Waals surface area contributed by atoms with Gasteiger partial charge in [-0.2, -0.15) is 0 Å². The summed E-state index contributed by atoms with van der Waals surface area (Å²) in [7, 11) is -3.20. The molecule has 1 saturated heterocycles. The van der Waals surface area contributed by atoms with Gasteiger partial charge in [-0.05, 0) is 24.1 Å². The zero-order chi connectivity index (χ0) is 15.1. The van der Waals surface area contributed by atoms with E-state index in [1.54, 1.807) is 0 Å². The summed E-state index contributed by atoms with van der Waals surface area (Å²) in [6.45, 7) is 4.72. The number of nitrogens with one attached hydrogen (secondary N) is 2. The molecule has 1 aliphatic heterocycles. The molecule has 1 heterocycles. The van der Waals surface area contributed by atoms with Crippen LogP contribution in [0.25, 0.3) is 0 Å². The number of halogens is 1. The van der Waals surface area contributed by atoms with Crippen molar-refractivity contribution in [2.24, 2.45) is 0 Å². The molecule has 0 radical (unpaired) electrons. The van der Waals surface area contributed by atoms with Crippen molar-refractivity contribution in [3.63, 3.8) is 0 Å². The molecule has 1 aromatic rings. The molecule has 1 fully saturated rings. The lowest BCUT2D eigenvalue weighted by Crippen LogP contribution is -2.46. The average Bonchev–Trinajstić information content (AvgIpc) is 2.48. The number of benzene rings is 1. The highest BCUT2D eigenvalue weighted by Gasteiger charge is 2.14. The average molecular weight is 332 g/mol. The van der Waals surface area contributed by atoms with E-state index in [4.69, 9.17) is 11.6 Å². The van der Waals surface area contributed by atoms with Crippen LogP contribution >= 0.6 is 11.6 Å². The third kappa shape index (κ3) is 6.32. The van der Waals surface area contributed by atoms with Crippen molar-refractivity contribution in [2.75, 3.05) is 45.0 Å². The van der Waals surface area contributed by atoms with Crippen LogP contribution in [0.15, 0.2) is 24.3 Å². The van der Waals surface area contributed by atoms with Crippen molar-refractivity contribution >= 4 is 21.6 Å². The first-order valence-corrected chi connectivity index (χ1v) is 9.23. The number of hydrogen-bond acceptors (Lipinski definition) is 4. The van der Waals surface area contributed by atoms with Crippen LogP contribution in [0.3, 0.4) is 0 Å². The predicted molar refractivity (Wildman–Crippen MR) is 86.3 cm³/mol. The molecule has 0 bridgehead atoms. The second kappa shape index (κ2) is 8.10. The highest BCUT2D eigenvalue weighted by Crippen LogP contribution is 2.09. The molecule has 2 N–H and O–H groups in total. The van der Waals surface area contributed by atoms with E-state index in [9.17, 15) is 8.42 Å². The molecule has 2 rings (SSSR count). The van der Waals surface area contributed by atoms with Gasteiger partial charge < -0.3 is 5.32 Å². The number of hydrogen-bond donors (Lipinski definition) is 2. The van der Waals surface area contributed by atoms with E-state index in [1.807, 2.05) is 24.3 Å². The van der Waals surface area contributed by atoms with Gasteiger partial charge in [0.1, 0.15) is 0 Å². The van der Waals surface area contributed by atoms with Crippen LogP contribution < -0.4 is 10.0 Å². The molecule has 0 saturated carbocycles. The normalized spacial score (nSPS) is 17.0. The number of rotatable bonds is 7. The van der Waals surface area contributed by atoms with Crippen LogP contribution in [0, 0.1) is 0 Å². The summed E-state index contributed by atoms with van der Waals surface area (Å²) < 4.78 is 26.5. The van der Waals surface area contributed by atoms with Crippen LogP contribution in [0.2, 0.25) is 5.02 Å². The van der Waals surface area contributed by atoms with Crippen molar-refractivity contribution in [2.45, 2.75) is 6.42 Å². The van der Waals surface area contributed by atoms with Crippen LogP contribution in [0.1, 0.15) is 5.56 Å². The minimum Gasteiger partial charge on any atom is -0.314 e. The van der Waals surface area contributed by atoms with E-state index in [0.717, 1.165) is 31.7 Å². The van der Waals surface area contributed by atoms with Crippen LogP contribution in [0.5, 0.6) is 0 Å². The Labute approximate surface area is 131 Å². The zero-order valence-electron chi connectivity index (χ0n) is 12.0. The Hall–Kier alpha value is -0.660. The zero-order valence-corrected chi connectivity index (χ0v) is 13.6. The highest BCUT2D eigenvalue weighted by atomic mass is 35.5. The van der Waals surface area contributed by atoms with Crippen molar-refractivity contribution in [1.82, 2.24) is 14.9 Å². The quantitative estimate of drug-likeness (QED) is 0.772. The Bertz CT molecular complexity index is 528. The van der Waals surface area contributed by atoms with E-state index in [0.29, 0.717) is 24.5 Å². The van der Waals surface area contributed by atoms with Gasteiger partial charge in [0.15, 0.2) is 0 Å². The largest absolute Gasteiger partial charge is 0.314 e. The number of piperazine rings is 1. The van der Waals surface area contributed by atoms with Crippen molar-refractivity contribution in [3.8, 4) is 0 Å². The van der Waals surface area contributed by atoms with Crippen molar-refractivity contribution in [3.05, 3.63) is 34.9 Å². The summed E-state index contributed by atoms with van der Waals surface area (Å²) in [4.78, 5) is 2.18. The molecule has 0 atom stereocenters. The van der Waals surface area contributed by atoms with Crippen LogP contribution in [-0.4, -0.2) is 58.3 Å². The van der Waals surface area contributed by atoms with Crippen molar-refractivity contribution < 1.29 is 8.42 Å². The van der Waals surface area contributed by atoms with Gasteiger partial charge in [-0.1, -0.05) is 23.7 Å². The van der Waals surface area contributed by atoms with Gasteiger partial charge in [0.25, 0.3) is 0 Å². The molecular formula is C14H22ClN3O2S. The summed E-state index contributed by atoms with van der Waals surface area (Å²) in [5, 5.41) is 3.94. The number of nitrogens with zero attached hydrogens (tertiary/aromatic N) is 1. The lowest BCUT2D eigenvalue weighted by Gasteiger charge is -2.26. The summed E-state index contributed by atoms with van der Waals surface area (Å²) in [5.41, 5.74) is 1.07. The molecule has 21 heavy (non-hydrogen) atoms. The van der Waals surface area contributed by atoms with E-state index in [2.05, 4.69) is 14.9 Å². The minimum absolute atomic E-state index is 0.160. The summed E-state index contributed by atoms with van der Waals surface area (Å²) in [6.07, 6.45) is 0.671. The molecule has 0 amide bonds. The Morgan fingerprint density at radius 2 is 1.86 bits per heavy atom. The van der Waals surface area contributed by atoms with Crippen LogP contribution in [0.4, 0.5) is 0 Å². The summed E-state index contributed by atoms with van der Waals surface area (Å²) in [6, 6.07) is 7.46. The van der Waals surface area contributed by atoms with E-state index in [-0.39, 0.29) is 5.75 Å². The Balaban J connectivity index is 1.69. The van der Waals surface area contributed by atoms with Gasteiger partial charge in [-0.25, -0.2) is 13.1 Å². The maximum atomic E-state index is 11.9. The molecule has 0 aliphatic carbocycles. The third-order valence-corrected chi connectivity index (χ3v) is 5.15. The van der Waals surface area contributed by atoms with E-state index in [1.165, 1.54) is 0 Å². The Morgan fingerprint density at radius 3 is 2.52 bits per heavy atom. The third-order valence-electron chi connectivity index (χ3n) is 3.53. The van der Waals surface area contributed by atoms with Gasteiger partial charge >= 0.3 is 0 Å². The maximum Gasteiger partial charge on any atom is 0.212 e. The second-order valence-electron chi connectivity index (χ2n) is 5.18. The van der Waals surface area contributed by atoms with Gasteiger partial charge in [-0.15, -0.1) is 0 Å². The van der Waals surface area contributed by atoms with Gasteiger partial charge in [-0.3, -0.25) is 4.90 Å². The molecule has 1 aromatic carbocycles. The van der Waals surface area contributed by atoms with Crippen LogP contribution in [-0.2, 0) is 16.4 Å². The fourth-order valence-electron chi connectivity index (χ4n) is 2.26. The topological polar surface area (TPSA) is 61.4 Å². The Kier molecular flexibility index (Phi) is 6.44. The molecule has 0 spiro atoms. The summed E-state index contributed by atoms with van der Waals surface area (Å²) >= 11 is 5.81. The fraction of sp³-hybridized carbons (Fsp3) is 0.571. The predicted octanol–water partition coefficient (Wildman–Crippen LogP) is 0.707. The molecule has 5 nitrogen and oxygen atoms in total. The second-order valence-corrected chi connectivity index (χ2v) is 7.54. The molecular weight excluding hydrogens is 310 g/mol. The minimum atomic E-state index is -3.20. The van der Waals surface area contributed by atoms with Crippen molar-refractivity contribution in [1.29, 1.82) is 0 Å². The SMILES string of the molecule is O=S(=O)(CCN1CCNCC1)NCCc1ccc(Cl)cc1. The van der Waals surface area contributed by atoms with Gasteiger partial charge in [0.05, 0.1) is 5.75 Å². The molecule has 0 aromatic heterocycles. The molecule has 1 aliphatic rings.